The minimum absolute atomic E-state index is 0.0379. The lowest BCUT2D eigenvalue weighted by molar-refractivity contribution is -0.137. The van der Waals surface area contributed by atoms with Crippen molar-refractivity contribution in [3.05, 3.63) is 0 Å². The van der Waals surface area contributed by atoms with Crippen LogP contribution >= 0.6 is 0 Å². The van der Waals surface area contributed by atoms with Crippen molar-refractivity contribution in [2.75, 3.05) is 33.2 Å². The Balaban J connectivity index is 2.43. The van der Waals surface area contributed by atoms with Crippen LogP contribution in [0.25, 0.3) is 0 Å². The number of urea groups is 1. The van der Waals surface area contributed by atoms with Crippen molar-refractivity contribution in [1.29, 1.82) is 0 Å². The van der Waals surface area contributed by atoms with Crippen molar-refractivity contribution in [2.45, 2.75) is 6.42 Å². The zero-order chi connectivity index (χ0) is 12.1. The number of hydrogen-bond donors (Lipinski definition) is 2. The second-order valence-electron chi connectivity index (χ2n) is 3.62. The SMILES string of the molecule is CN(CCC(=O)O)C(=O)N1CCNC(=O)C1. The van der Waals surface area contributed by atoms with Gasteiger partial charge in [0, 0.05) is 26.7 Å². The maximum atomic E-state index is 11.7. The number of piperazine rings is 1. The fraction of sp³-hybridized carbons (Fsp3) is 0.667. The molecule has 1 fully saturated rings. The summed E-state index contributed by atoms with van der Waals surface area (Å²) in [5, 5.41) is 11.1. The molecule has 3 amide bonds. The molecule has 7 nitrogen and oxygen atoms in total. The van der Waals surface area contributed by atoms with E-state index in [1.54, 1.807) is 0 Å². The molecular formula is C9H15N3O4. The Morgan fingerprint density at radius 2 is 2.25 bits per heavy atom. The lowest BCUT2D eigenvalue weighted by Gasteiger charge is -2.30. The number of amides is 3. The molecule has 1 saturated heterocycles. The van der Waals surface area contributed by atoms with E-state index in [0.717, 1.165) is 0 Å². The van der Waals surface area contributed by atoms with Crippen LogP contribution in [0, 0.1) is 0 Å². The number of carboxylic acids is 1. The molecule has 0 atom stereocenters. The third kappa shape index (κ3) is 3.41. The minimum atomic E-state index is -0.948. The van der Waals surface area contributed by atoms with Crippen molar-refractivity contribution in [2.24, 2.45) is 0 Å². The average molecular weight is 229 g/mol. The van der Waals surface area contributed by atoms with Gasteiger partial charge in [0.25, 0.3) is 0 Å². The van der Waals surface area contributed by atoms with Crippen molar-refractivity contribution in [1.82, 2.24) is 15.1 Å². The maximum Gasteiger partial charge on any atom is 0.320 e. The smallest absolute Gasteiger partial charge is 0.320 e. The molecule has 1 aliphatic heterocycles. The van der Waals surface area contributed by atoms with Gasteiger partial charge in [0.2, 0.25) is 5.91 Å². The van der Waals surface area contributed by atoms with Gasteiger partial charge in [-0.3, -0.25) is 9.59 Å². The molecule has 90 valence electrons. The van der Waals surface area contributed by atoms with E-state index in [9.17, 15) is 14.4 Å². The van der Waals surface area contributed by atoms with Crippen LogP contribution in [0.5, 0.6) is 0 Å². The molecule has 0 bridgehead atoms. The van der Waals surface area contributed by atoms with E-state index < -0.39 is 5.97 Å². The van der Waals surface area contributed by atoms with Gasteiger partial charge >= 0.3 is 12.0 Å². The fourth-order valence-corrected chi connectivity index (χ4v) is 1.40. The number of nitrogens with zero attached hydrogens (tertiary/aromatic N) is 2. The molecule has 0 aromatic heterocycles. The van der Waals surface area contributed by atoms with E-state index in [0.29, 0.717) is 13.1 Å². The number of rotatable bonds is 3. The van der Waals surface area contributed by atoms with Gasteiger partial charge in [0.1, 0.15) is 6.54 Å². The van der Waals surface area contributed by atoms with Gasteiger partial charge in [-0.25, -0.2) is 4.79 Å². The highest BCUT2D eigenvalue weighted by Crippen LogP contribution is 2.00. The van der Waals surface area contributed by atoms with Crippen molar-refractivity contribution >= 4 is 17.9 Å². The average Bonchev–Trinajstić information content (AvgIpc) is 2.24. The van der Waals surface area contributed by atoms with Crippen molar-refractivity contribution < 1.29 is 19.5 Å². The summed E-state index contributed by atoms with van der Waals surface area (Å²) in [6.07, 6.45) is -0.0950. The number of carbonyl (C=O) groups excluding carboxylic acids is 2. The van der Waals surface area contributed by atoms with E-state index in [1.165, 1.54) is 16.8 Å². The number of nitrogens with one attached hydrogen (secondary N) is 1. The predicted octanol–water partition coefficient (Wildman–Crippen LogP) is -1.06. The summed E-state index contributed by atoms with van der Waals surface area (Å²) in [7, 11) is 1.53. The molecular weight excluding hydrogens is 214 g/mol. The summed E-state index contributed by atoms with van der Waals surface area (Å²) < 4.78 is 0. The normalized spacial score (nSPS) is 15.6. The van der Waals surface area contributed by atoms with Crippen molar-refractivity contribution in [3.63, 3.8) is 0 Å². The summed E-state index contributed by atoms with van der Waals surface area (Å²) in [5.74, 6) is -1.14. The van der Waals surface area contributed by atoms with Gasteiger partial charge in [0.15, 0.2) is 0 Å². The Kier molecular flexibility index (Phi) is 4.10. The summed E-state index contributed by atoms with van der Waals surface area (Å²) in [4.78, 5) is 35.8. The van der Waals surface area contributed by atoms with E-state index in [-0.39, 0.29) is 31.4 Å². The summed E-state index contributed by atoms with van der Waals surface area (Å²) in [6.45, 7) is 1.09. The molecule has 7 heteroatoms. The molecule has 16 heavy (non-hydrogen) atoms. The molecule has 2 N–H and O–H groups in total. The second-order valence-corrected chi connectivity index (χ2v) is 3.62. The monoisotopic (exact) mass is 229 g/mol. The quantitative estimate of drug-likeness (QED) is 0.645. The molecule has 0 aromatic rings. The fourth-order valence-electron chi connectivity index (χ4n) is 1.40. The van der Waals surface area contributed by atoms with Crippen LogP contribution in [0.3, 0.4) is 0 Å². The summed E-state index contributed by atoms with van der Waals surface area (Å²) >= 11 is 0. The molecule has 0 aromatic carbocycles. The first-order valence-electron chi connectivity index (χ1n) is 4.99. The molecule has 0 radical (unpaired) electrons. The molecule has 1 rings (SSSR count). The second kappa shape index (κ2) is 5.34. The maximum absolute atomic E-state index is 11.7. The third-order valence-electron chi connectivity index (χ3n) is 2.30. The number of hydrogen-bond acceptors (Lipinski definition) is 3. The Hall–Kier alpha value is -1.79. The van der Waals surface area contributed by atoms with E-state index in [4.69, 9.17) is 5.11 Å². The van der Waals surface area contributed by atoms with Crippen LogP contribution in [0.1, 0.15) is 6.42 Å². The van der Waals surface area contributed by atoms with Gasteiger partial charge in [-0.2, -0.15) is 0 Å². The highest BCUT2D eigenvalue weighted by atomic mass is 16.4. The van der Waals surface area contributed by atoms with Gasteiger partial charge in [-0.15, -0.1) is 0 Å². The largest absolute Gasteiger partial charge is 0.481 e. The van der Waals surface area contributed by atoms with Crippen LogP contribution < -0.4 is 5.32 Å². The van der Waals surface area contributed by atoms with Gasteiger partial charge < -0.3 is 20.2 Å². The first-order valence-corrected chi connectivity index (χ1v) is 4.99. The van der Waals surface area contributed by atoms with E-state index >= 15 is 0 Å². The first kappa shape index (κ1) is 12.3. The zero-order valence-electron chi connectivity index (χ0n) is 9.10. The van der Waals surface area contributed by atoms with Crippen LogP contribution in [0.15, 0.2) is 0 Å². The molecule has 0 spiro atoms. The Labute approximate surface area is 93.0 Å². The lowest BCUT2D eigenvalue weighted by atomic mass is 10.3. The molecule has 1 aliphatic rings. The van der Waals surface area contributed by atoms with Gasteiger partial charge in [-0.1, -0.05) is 0 Å². The van der Waals surface area contributed by atoms with Crippen molar-refractivity contribution in [3.8, 4) is 0 Å². The minimum Gasteiger partial charge on any atom is -0.481 e. The number of carboxylic acid groups (broad SMARTS) is 1. The number of aliphatic carboxylic acids is 1. The van der Waals surface area contributed by atoms with Gasteiger partial charge in [0.05, 0.1) is 6.42 Å². The molecule has 0 saturated carbocycles. The lowest BCUT2D eigenvalue weighted by Crippen LogP contribution is -2.53. The van der Waals surface area contributed by atoms with Gasteiger partial charge in [-0.05, 0) is 0 Å². The van der Waals surface area contributed by atoms with E-state index in [2.05, 4.69) is 5.32 Å². The Morgan fingerprint density at radius 3 is 2.81 bits per heavy atom. The van der Waals surface area contributed by atoms with Crippen LogP contribution in [-0.4, -0.2) is 66.0 Å². The topological polar surface area (TPSA) is 90.0 Å². The first-order chi connectivity index (χ1) is 7.50. The Bertz CT molecular complexity index is 305. The van der Waals surface area contributed by atoms with Crippen LogP contribution in [0.4, 0.5) is 4.79 Å². The highest BCUT2D eigenvalue weighted by Gasteiger charge is 2.23. The summed E-state index contributed by atoms with van der Waals surface area (Å²) in [6, 6.07) is -0.309. The third-order valence-corrected chi connectivity index (χ3v) is 2.30. The molecule has 0 unspecified atom stereocenters. The van der Waals surface area contributed by atoms with Crippen LogP contribution in [0.2, 0.25) is 0 Å². The standard InChI is InChI=1S/C9H15N3O4/c1-11(4-2-8(14)15)9(16)12-5-3-10-7(13)6-12/h2-6H2,1H3,(H,10,13)(H,14,15). The Morgan fingerprint density at radius 1 is 1.56 bits per heavy atom. The predicted molar refractivity (Wildman–Crippen MR) is 54.9 cm³/mol. The summed E-state index contributed by atoms with van der Waals surface area (Å²) in [5.41, 5.74) is 0. The molecule has 1 heterocycles. The molecule has 0 aliphatic carbocycles. The van der Waals surface area contributed by atoms with E-state index in [1.807, 2.05) is 0 Å². The van der Waals surface area contributed by atoms with Crippen LogP contribution in [-0.2, 0) is 9.59 Å². The number of carbonyl (C=O) groups is 3. The highest BCUT2D eigenvalue weighted by molar-refractivity contribution is 5.85. The zero-order valence-corrected chi connectivity index (χ0v) is 9.10.